The highest BCUT2D eigenvalue weighted by molar-refractivity contribution is 6.06. The van der Waals surface area contributed by atoms with Gasteiger partial charge in [-0.25, -0.2) is 9.37 Å². The molecule has 0 aliphatic heterocycles. The molecule has 0 radical (unpaired) electrons. The molecule has 0 aliphatic rings. The van der Waals surface area contributed by atoms with E-state index in [-0.39, 0.29) is 11.4 Å². The molecule has 14 heavy (non-hydrogen) atoms. The third-order valence-electron chi connectivity index (χ3n) is 1.65. The molecule has 0 unspecified atom stereocenters. The molecule has 6 heteroatoms. The minimum absolute atomic E-state index is 0.00935. The second kappa shape index (κ2) is 3.33. The van der Waals surface area contributed by atoms with E-state index in [1.807, 2.05) is 0 Å². The molecule has 0 bridgehead atoms. The van der Waals surface area contributed by atoms with Crippen LogP contribution in [-0.2, 0) is 0 Å². The molecule has 2 aromatic heterocycles. The predicted molar refractivity (Wildman–Crippen MR) is 44.0 cm³/mol. The first kappa shape index (κ1) is 8.49. The van der Waals surface area contributed by atoms with Crippen molar-refractivity contribution in [2.24, 2.45) is 0 Å². The zero-order valence-corrected chi connectivity index (χ0v) is 6.94. The predicted octanol–water partition coefficient (Wildman–Crippen LogP) is 0.570. The molecule has 2 heterocycles. The smallest absolute Gasteiger partial charge is 0.232 e. The maximum atomic E-state index is 13.1. The van der Waals surface area contributed by atoms with Gasteiger partial charge in [0.1, 0.15) is 6.33 Å². The highest BCUT2D eigenvalue weighted by atomic mass is 19.1. The van der Waals surface area contributed by atoms with Gasteiger partial charge in [0, 0.05) is 6.20 Å². The Bertz CT molecular complexity index is 454. The Morgan fingerprint density at radius 3 is 3.00 bits per heavy atom. The third kappa shape index (κ3) is 1.37. The minimum atomic E-state index is -0.672. The van der Waals surface area contributed by atoms with Crippen molar-refractivity contribution >= 4 is 5.78 Å². The lowest BCUT2D eigenvalue weighted by atomic mass is 10.1. The summed E-state index contributed by atoms with van der Waals surface area (Å²) >= 11 is 0. The fraction of sp³-hybridized carbons (Fsp3) is 0. The highest BCUT2D eigenvalue weighted by Crippen LogP contribution is 2.08. The normalized spacial score (nSPS) is 10.1. The van der Waals surface area contributed by atoms with Crippen LogP contribution in [0, 0.1) is 5.82 Å². The van der Waals surface area contributed by atoms with Crippen LogP contribution in [0.4, 0.5) is 4.39 Å². The van der Waals surface area contributed by atoms with Crippen molar-refractivity contribution in [3.63, 3.8) is 0 Å². The molecule has 0 saturated carbocycles. The number of rotatable bonds is 2. The lowest BCUT2D eigenvalue weighted by molar-refractivity contribution is 0.102. The molecule has 70 valence electrons. The monoisotopic (exact) mass is 192 g/mol. The number of ketones is 1. The van der Waals surface area contributed by atoms with Crippen LogP contribution in [0.3, 0.4) is 0 Å². The largest absolute Gasteiger partial charge is 0.285 e. The number of nitrogens with zero attached hydrogens (tertiary/aromatic N) is 3. The minimum Gasteiger partial charge on any atom is -0.285 e. The summed E-state index contributed by atoms with van der Waals surface area (Å²) in [5.41, 5.74) is -0.0725. The summed E-state index contributed by atoms with van der Waals surface area (Å²) in [6.07, 6.45) is 3.50. The molecular formula is C8H5FN4O. The van der Waals surface area contributed by atoms with Crippen molar-refractivity contribution in [3.05, 3.63) is 42.0 Å². The van der Waals surface area contributed by atoms with E-state index in [2.05, 4.69) is 20.2 Å². The van der Waals surface area contributed by atoms with E-state index < -0.39 is 11.6 Å². The average molecular weight is 192 g/mol. The van der Waals surface area contributed by atoms with Crippen molar-refractivity contribution < 1.29 is 9.18 Å². The number of nitrogens with one attached hydrogen (secondary N) is 1. The second-order valence-corrected chi connectivity index (χ2v) is 2.52. The van der Waals surface area contributed by atoms with E-state index in [9.17, 15) is 9.18 Å². The fourth-order valence-corrected chi connectivity index (χ4v) is 1.00. The third-order valence-corrected chi connectivity index (χ3v) is 1.65. The summed E-state index contributed by atoms with van der Waals surface area (Å²) in [7, 11) is 0. The Morgan fingerprint density at radius 1 is 1.50 bits per heavy atom. The Balaban J connectivity index is 2.42. The first-order valence-electron chi connectivity index (χ1n) is 3.78. The van der Waals surface area contributed by atoms with Crippen molar-refractivity contribution in [1.29, 1.82) is 0 Å². The van der Waals surface area contributed by atoms with Crippen LogP contribution in [0.5, 0.6) is 0 Å². The number of hydrogen-bond donors (Lipinski definition) is 1. The maximum absolute atomic E-state index is 13.1. The van der Waals surface area contributed by atoms with Crippen LogP contribution in [0.1, 0.15) is 16.2 Å². The number of halogens is 1. The highest BCUT2D eigenvalue weighted by Gasteiger charge is 2.15. The second-order valence-electron chi connectivity index (χ2n) is 2.52. The summed E-state index contributed by atoms with van der Waals surface area (Å²) in [6.45, 7) is 0. The molecule has 0 aromatic carbocycles. The number of H-pyrrole nitrogens is 1. The average Bonchev–Trinajstić information content (AvgIpc) is 2.70. The van der Waals surface area contributed by atoms with Crippen LogP contribution >= 0.6 is 0 Å². The van der Waals surface area contributed by atoms with Gasteiger partial charge in [-0.05, 0) is 6.07 Å². The summed E-state index contributed by atoms with van der Waals surface area (Å²) in [5, 5.41) is 5.87. The van der Waals surface area contributed by atoms with Gasteiger partial charge >= 0.3 is 0 Å². The van der Waals surface area contributed by atoms with Gasteiger partial charge in [-0.1, -0.05) is 0 Å². The summed E-state index contributed by atoms with van der Waals surface area (Å²) in [5.74, 6) is -1.20. The van der Waals surface area contributed by atoms with Crippen LogP contribution in [-0.4, -0.2) is 25.9 Å². The number of carbonyl (C=O) groups is 1. The summed E-state index contributed by atoms with van der Waals surface area (Å²) in [6, 6.07) is 1.29. The summed E-state index contributed by atoms with van der Waals surface area (Å²) < 4.78 is 13.1. The topological polar surface area (TPSA) is 71.5 Å². The molecule has 0 spiro atoms. The van der Waals surface area contributed by atoms with Gasteiger partial charge in [-0.15, -0.1) is 0 Å². The number of hydrogen-bond acceptors (Lipinski definition) is 4. The molecule has 0 fully saturated rings. The first-order valence-corrected chi connectivity index (χ1v) is 3.78. The van der Waals surface area contributed by atoms with E-state index in [1.165, 1.54) is 18.6 Å². The van der Waals surface area contributed by atoms with Crippen LogP contribution in [0.2, 0.25) is 0 Å². The molecule has 1 N–H and O–H groups in total. The fourth-order valence-electron chi connectivity index (χ4n) is 1.00. The van der Waals surface area contributed by atoms with Crippen molar-refractivity contribution in [1.82, 2.24) is 20.2 Å². The van der Waals surface area contributed by atoms with Crippen molar-refractivity contribution in [2.45, 2.75) is 0 Å². The lowest BCUT2D eigenvalue weighted by Gasteiger charge is -1.97. The first-order chi connectivity index (χ1) is 6.79. The van der Waals surface area contributed by atoms with Crippen LogP contribution < -0.4 is 0 Å². The van der Waals surface area contributed by atoms with Gasteiger partial charge in [-0.3, -0.25) is 14.9 Å². The Morgan fingerprint density at radius 2 is 2.36 bits per heavy atom. The maximum Gasteiger partial charge on any atom is 0.232 e. The number of carbonyl (C=O) groups excluding carboxylic acids is 1. The van der Waals surface area contributed by atoms with Crippen molar-refractivity contribution in [2.75, 3.05) is 0 Å². The van der Waals surface area contributed by atoms with Crippen LogP contribution in [0.15, 0.2) is 24.8 Å². The molecule has 0 atom stereocenters. The van der Waals surface area contributed by atoms with Crippen molar-refractivity contribution in [3.8, 4) is 0 Å². The quantitative estimate of drug-likeness (QED) is 0.706. The van der Waals surface area contributed by atoms with E-state index >= 15 is 0 Å². The van der Waals surface area contributed by atoms with Gasteiger partial charge in [-0.2, -0.15) is 5.10 Å². The Kier molecular flexibility index (Phi) is 2.02. The zero-order chi connectivity index (χ0) is 9.97. The van der Waals surface area contributed by atoms with Gasteiger partial charge in [0.2, 0.25) is 5.78 Å². The molecule has 0 amide bonds. The standard InChI is InChI=1S/C8H5FN4O/c9-6-3-10-2-1-5(6)7(14)8-11-4-12-13-8/h1-4H,(H,11,12,13). The molecular weight excluding hydrogens is 187 g/mol. The van der Waals surface area contributed by atoms with E-state index in [0.717, 1.165) is 6.20 Å². The summed E-state index contributed by atoms with van der Waals surface area (Å²) in [4.78, 5) is 18.7. The lowest BCUT2D eigenvalue weighted by Crippen LogP contribution is -2.06. The molecule has 0 aliphatic carbocycles. The number of aromatic nitrogens is 4. The van der Waals surface area contributed by atoms with E-state index in [1.54, 1.807) is 0 Å². The van der Waals surface area contributed by atoms with Gasteiger partial charge in [0.25, 0.3) is 0 Å². The Labute approximate surface area is 78.0 Å². The number of pyridine rings is 1. The van der Waals surface area contributed by atoms with Gasteiger partial charge < -0.3 is 0 Å². The van der Waals surface area contributed by atoms with Gasteiger partial charge in [0.05, 0.1) is 11.8 Å². The SMILES string of the molecule is O=C(c1ncn[nH]1)c1ccncc1F. The zero-order valence-electron chi connectivity index (χ0n) is 6.94. The van der Waals surface area contributed by atoms with E-state index in [0.29, 0.717) is 0 Å². The Hall–Kier alpha value is -2.11. The molecule has 0 saturated heterocycles. The molecule has 2 aromatic rings. The molecule has 2 rings (SSSR count). The number of aromatic amines is 1. The molecule has 5 nitrogen and oxygen atoms in total. The van der Waals surface area contributed by atoms with E-state index in [4.69, 9.17) is 0 Å². The van der Waals surface area contributed by atoms with Gasteiger partial charge in [0.15, 0.2) is 11.6 Å². The van der Waals surface area contributed by atoms with Crippen LogP contribution in [0.25, 0.3) is 0 Å².